The van der Waals surface area contributed by atoms with Crippen LogP contribution >= 0.6 is 0 Å². The number of aromatic nitrogens is 1. The van der Waals surface area contributed by atoms with Crippen LogP contribution in [0.1, 0.15) is 31.6 Å². The molecule has 0 aliphatic carbocycles. The molecule has 88 valence electrons. The van der Waals surface area contributed by atoms with Crippen LogP contribution in [0.5, 0.6) is 0 Å². The number of aliphatic hydroxyl groups is 2. The molecule has 1 aromatic rings. The van der Waals surface area contributed by atoms with Crippen molar-refractivity contribution < 1.29 is 10.2 Å². The Labute approximate surface area is 95.5 Å². The van der Waals surface area contributed by atoms with Crippen molar-refractivity contribution in [1.29, 1.82) is 0 Å². The number of rotatable bonds is 3. The molecule has 0 bridgehead atoms. The van der Waals surface area contributed by atoms with Gasteiger partial charge in [-0.1, -0.05) is 0 Å². The summed E-state index contributed by atoms with van der Waals surface area (Å²) < 4.78 is 0. The lowest BCUT2D eigenvalue weighted by molar-refractivity contribution is 0.194. The van der Waals surface area contributed by atoms with Crippen molar-refractivity contribution in [2.45, 2.75) is 31.9 Å². The SMILES string of the molecule is CC(O)c1ccc(N2CCCC2CO)cn1. The molecule has 2 atom stereocenters. The summed E-state index contributed by atoms with van der Waals surface area (Å²) in [5.41, 5.74) is 1.71. The third-order valence-electron chi connectivity index (χ3n) is 3.12. The van der Waals surface area contributed by atoms with Crippen molar-refractivity contribution in [2.24, 2.45) is 0 Å². The monoisotopic (exact) mass is 222 g/mol. The molecule has 1 aromatic heterocycles. The van der Waals surface area contributed by atoms with Crippen molar-refractivity contribution in [3.63, 3.8) is 0 Å². The van der Waals surface area contributed by atoms with E-state index in [2.05, 4.69) is 9.88 Å². The van der Waals surface area contributed by atoms with Gasteiger partial charge in [-0.15, -0.1) is 0 Å². The zero-order chi connectivity index (χ0) is 11.5. The summed E-state index contributed by atoms with van der Waals surface area (Å²) in [7, 11) is 0. The summed E-state index contributed by atoms with van der Waals surface area (Å²) in [6.07, 6.45) is 3.40. The quantitative estimate of drug-likeness (QED) is 0.804. The average molecular weight is 222 g/mol. The molecule has 0 amide bonds. The number of pyridine rings is 1. The van der Waals surface area contributed by atoms with Gasteiger partial charge in [-0.2, -0.15) is 0 Å². The molecule has 2 heterocycles. The molecule has 0 spiro atoms. The number of nitrogens with zero attached hydrogens (tertiary/aromatic N) is 2. The first kappa shape index (κ1) is 11.4. The van der Waals surface area contributed by atoms with Crippen LogP contribution in [0, 0.1) is 0 Å². The molecule has 2 unspecified atom stereocenters. The van der Waals surface area contributed by atoms with Gasteiger partial charge in [-0.3, -0.25) is 4.98 Å². The van der Waals surface area contributed by atoms with Crippen molar-refractivity contribution in [3.8, 4) is 0 Å². The third kappa shape index (κ3) is 2.18. The van der Waals surface area contributed by atoms with Gasteiger partial charge in [0.05, 0.1) is 36.3 Å². The summed E-state index contributed by atoms with van der Waals surface area (Å²) in [6, 6.07) is 4.02. The maximum Gasteiger partial charge on any atom is 0.0931 e. The van der Waals surface area contributed by atoms with Crippen molar-refractivity contribution in [2.75, 3.05) is 18.1 Å². The van der Waals surface area contributed by atoms with Crippen LogP contribution < -0.4 is 4.90 Å². The Morgan fingerprint density at radius 3 is 2.94 bits per heavy atom. The number of aliphatic hydroxyl groups excluding tert-OH is 2. The van der Waals surface area contributed by atoms with Crippen LogP contribution in [-0.2, 0) is 0 Å². The molecule has 0 saturated carbocycles. The van der Waals surface area contributed by atoms with Crippen LogP contribution in [0.25, 0.3) is 0 Å². The topological polar surface area (TPSA) is 56.6 Å². The summed E-state index contributed by atoms with van der Waals surface area (Å²) in [5, 5.41) is 18.6. The first-order valence-electron chi connectivity index (χ1n) is 5.74. The second kappa shape index (κ2) is 4.80. The van der Waals surface area contributed by atoms with Gasteiger partial charge in [0.25, 0.3) is 0 Å². The van der Waals surface area contributed by atoms with E-state index in [1.54, 1.807) is 13.1 Å². The highest BCUT2D eigenvalue weighted by atomic mass is 16.3. The Morgan fingerprint density at radius 2 is 2.38 bits per heavy atom. The molecule has 1 saturated heterocycles. The minimum Gasteiger partial charge on any atom is -0.394 e. The van der Waals surface area contributed by atoms with Crippen LogP contribution in [-0.4, -0.2) is 34.4 Å². The van der Waals surface area contributed by atoms with Crippen molar-refractivity contribution in [3.05, 3.63) is 24.0 Å². The van der Waals surface area contributed by atoms with Gasteiger partial charge in [0.2, 0.25) is 0 Å². The van der Waals surface area contributed by atoms with Crippen LogP contribution in [0.4, 0.5) is 5.69 Å². The normalized spacial score (nSPS) is 22.4. The van der Waals surface area contributed by atoms with E-state index >= 15 is 0 Å². The molecular formula is C12H18N2O2. The maximum atomic E-state index is 9.36. The fraction of sp³-hybridized carbons (Fsp3) is 0.583. The van der Waals surface area contributed by atoms with Gasteiger partial charge in [0.15, 0.2) is 0 Å². The van der Waals surface area contributed by atoms with E-state index in [9.17, 15) is 10.2 Å². The van der Waals surface area contributed by atoms with E-state index in [1.165, 1.54) is 0 Å². The van der Waals surface area contributed by atoms with E-state index in [-0.39, 0.29) is 12.6 Å². The second-order valence-electron chi connectivity index (χ2n) is 4.29. The molecule has 1 aliphatic rings. The molecule has 0 radical (unpaired) electrons. The van der Waals surface area contributed by atoms with Crippen LogP contribution in [0.15, 0.2) is 18.3 Å². The highest BCUT2D eigenvalue weighted by molar-refractivity contribution is 5.46. The van der Waals surface area contributed by atoms with Crippen molar-refractivity contribution in [1.82, 2.24) is 4.98 Å². The lowest BCUT2D eigenvalue weighted by atomic mass is 10.2. The molecule has 4 nitrogen and oxygen atoms in total. The Kier molecular flexibility index (Phi) is 3.41. The molecule has 1 aliphatic heterocycles. The Balaban J connectivity index is 2.15. The predicted molar refractivity (Wildman–Crippen MR) is 62.3 cm³/mol. The minimum atomic E-state index is -0.527. The molecule has 16 heavy (non-hydrogen) atoms. The zero-order valence-corrected chi connectivity index (χ0v) is 9.50. The molecule has 0 aromatic carbocycles. The molecule has 1 fully saturated rings. The summed E-state index contributed by atoms with van der Waals surface area (Å²) in [4.78, 5) is 6.40. The van der Waals surface area contributed by atoms with Gasteiger partial charge < -0.3 is 15.1 Å². The fourth-order valence-electron chi connectivity index (χ4n) is 2.18. The number of hydrogen-bond acceptors (Lipinski definition) is 4. The molecule has 4 heteroatoms. The highest BCUT2D eigenvalue weighted by Gasteiger charge is 2.24. The Morgan fingerprint density at radius 1 is 1.56 bits per heavy atom. The first-order chi connectivity index (χ1) is 7.72. The average Bonchev–Trinajstić information content (AvgIpc) is 2.77. The van der Waals surface area contributed by atoms with E-state index in [0.29, 0.717) is 5.69 Å². The lowest BCUT2D eigenvalue weighted by Gasteiger charge is -2.25. The first-order valence-corrected chi connectivity index (χ1v) is 5.74. The Bertz CT molecular complexity index is 337. The Hall–Kier alpha value is -1.13. The summed E-state index contributed by atoms with van der Waals surface area (Å²) >= 11 is 0. The fourth-order valence-corrected chi connectivity index (χ4v) is 2.18. The maximum absolute atomic E-state index is 9.36. The van der Waals surface area contributed by atoms with Gasteiger partial charge in [-0.25, -0.2) is 0 Å². The van der Waals surface area contributed by atoms with E-state index in [0.717, 1.165) is 25.1 Å². The third-order valence-corrected chi connectivity index (χ3v) is 3.12. The van der Waals surface area contributed by atoms with E-state index < -0.39 is 6.10 Å². The highest BCUT2D eigenvalue weighted by Crippen LogP contribution is 2.25. The van der Waals surface area contributed by atoms with Crippen LogP contribution in [0.2, 0.25) is 0 Å². The van der Waals surface area contributed by atoms with Crippen LogP contribution in [0.3, 0.4) is 0 Å². The lowest BCUT2D eigenvalue weighted by Crippen LogP contribution is -2.32. The largest absolute Gasteiger partial charge is 0.394 e. The van der Waals surface area contributed by atoms with Gasteiger partial charge in [0, 0.05) is 6.54 Å². The zero-order valence-electron chi connectivity index (χ0n) is 9.50. The number of hydrogen-bond donors (Lipinski definition) is 2. The number of anilines is 1. The van der Waals surface area contributed by atoms with E-state index in [1.807, 2.05) is 12.1 Å². The summed E-state index contributed by atoms with van der Waals surface area (Å²) in [6.45, 7) is 2.87. The van der Waals surface area contributed by atoms with Gasteiger partial charge in [-0.05, 0) is 31.9 Å². The van der Waals surface area contributed by atoms with E-state index in [4.69, 9.17) is 0 Å². The standard InChI is InChI=1S/C12H18N2O2/c1-9(16)12-5-4-10(7-13-12)14-6-2-3-11(14)8-15/h4-5,7,9,11,15-16H,2-3,6,8H2,1H3. The van der Waals surface area contributed by atoms with Gasteiger partial charge >= 0.3 is 0 Å². The second-order valence-corrected chi connectivity index (χ2v) is 4.29. The molecule has 2 N–H and O–H groups in total. The summed E-state index contributed by atoms with van der Waals surface area (Å²) in [5.74, 6) is 0. The van der Waals surface area contributed by atoms with Gasteiger partial charge in [0.1, 0.15) is 0 Å². The molecule has 2 rings (SSSR count). The molecular weight excluding hydrogens is 204 g/mol. The minimum absolute atomic E-state index is 0.193. The smallest absolute Gasteiger partial charge is 0.0931 e. The van der Waals surface area contributed by atoms with Crippen molar-refractivity contribution >= 4 is 5.69 Å². The predicted octanol–water partition coefficient (Wildman–Crippen LogP) is 1.10.